The number of carboxylic acid groups (broad SMARTS) is 1. The average Bonchev–Trinajstić information content (AvgIpc) is 2.87. The van der Waals surface area contributed by atoms with E-state index in [1.807, 2.05) is 19.9 Å². The molecule has 0 bridgehead atoms. The number of benzene rings is 1. The van der Waals surface area contributed by atoms with E-state index in [0.717, 1.165) is 25.1 Å². The zero-order valence-electron chi connectivity index (χ0n) is 12.8. The van der Waals surface area contributed by atoms with Crippen molar-refractivity contribution in [2.24, 2.45) is 5.92 Å². The van der Waals surface area contributed by atoms with Crippen LogP contribution in [-0.2, 0) is 6.54 Å². The molecule has 1 atom stereocenters. The van der Waals surface area contributed by atoms with Gasteiger partial charge in [-0.3, -0.25) is 4.90 Å². The Kier molecular flexibility index (Phi) is 4.54. The van der Waals surface area contributed by atoms with E-state index in [4.69, 9.17) is 4.74 Å². The third kappa shape index (κ3) is 3.74. The number of aliphatic hydroxyl groups is 1. The minimum Gasteiger partial charge on any atom is -0.496 e. The van der Waals surface area contributed by atoms with Gasteiger partial charge in [-0.15, -0.1) is 0 Å². The number of carboxylic acids is 1. The summed E-state index contributed by atoms with van der Waals surface area (Å²) in [7, 11) is 1.47. The Bertz CT molecular complexity index is 521. The molecule has 2 N–H and O–H groups in total. The Morgan fingerprint density at radius 1 is 1.48 bits per heavy atom. The fraction of sp³-hybridized carbons (Fsp3) is 0.562. The molecule has 2 rings (SSSR count). The number of hydrogen-bond donors (Lipinski definition) is 2. The SMILES string of the molecule is COc1ccc(CN2CCC(C(C)(C)O)C2)cc1C(=O)O. The molecule has 1 unspecified atom stereocenters. The lowest BCUT2D eigenvalue weighted by atomic mass is 9.90. The van der Waals surface area contributed by atoms with Crippen LogP contribution in [0.2, 0.25) is 0 Å². The third-order valence-corrected chi connectivity index (χ3v) is 4.17. The van der Waals surface area contributed by atoms with Crippen LogP contribution >= 0.6 is 0 Å². The van der Waals surface area contributed by atoms with Crippen LogP contribution < -0.4 is 4.74 Å². The van der Waals surface area contributed by atoms with E-state index in [2.05, 4.69) is 4.90 Å². The number of carbonyl (C=O) groups is 1. The monoisotopic (exact) mass is 293 g/mol. The van der Waals surface area contributed by atoms with E-state index in [1.165, 1.54) is 7.11 Å². The number of ether oxygens (including phenoxy) is 1. The molecule has 1 fully saturated rings. The van der Waals surface area contributed by atoms with Gasteiger partial charge < -0.3 is 14.9 Å². The first kappa shape index (κ1) is 15.8. The minimum atomic E-state index is -0.982. The van der Waals surface area contributed by atoms with Gasteiger partial charge in [-0.25, -0.2) is 4.79 Å². The lowest BCUT2D eigenvalue weighted by molar-refractivity contribution is 0.0208. The topological polar surface area (TPSA) is 70.0 Å². The fourth-order valence-corrected chi connectivity index (χ4v) is 2.83. The molecule has 1 aromatic carbocycles. The molecule has 21 heavy (non-hydrogen) atoms. The van der Waals surface area contributed by atoms with Crippen molar-refractivity contribution in [2.45, 2.75) is 32.4 Å². The quantitative estimate of drug-likeness (QED) is 0.869. The molecule has 5 heteroatoms. The minimum absolute atomic E-state index is 0.188. The van der Waals surface area contributed by atoms with Crippen molar-refractivity contribution in [3.05, 3.63) is 29.3 Å². The third-order valence-electron chi connectivity index (χ3n) is 4.17. The molecular weight excluding hydrogens is 270 g/mol. The normalized spacial score (nSPS) is 19.7. The molecule has 1 aliphatic heterocycles. The first-order chi connectivity index (χ1) is 9.81. The fourth-order valence-electron chi connectivity index (χ4n) is 2.83. The second-order valence-corrected chi connectivity index (χ2v) is 6.21. The van der Waals surface area contributed by atoms with Crippen LogP contribution in [0.5, 0.6) is 5.75 Å². The second-order valence-electron chi connectivity index (χ2n) is 6.21. The van der Waals surface area contributed by atoms with Gasteiger partial charge in [0.05, 0.1) is 12.7 Å². The molecule has 1 saturated heterocycles. The number of nitrogens with zero attached hydrogens (tertiary/aromatic N) is 1. The summed E-state index contributed by atoms with van der Waals surface area (Å²) in [4.78, 5) is 13.5. The molecular formula is C16H23NO4. The molecule has 1 aliphatic rings. The van der Waals surface area contributed by atoms with E-state index in [-0.39, 0.29) is 11.5 Å². The van der Waals surface area contributed by atoms with Crippen LogP contribution in [0, 0.1) is 5.92 Å². The zero-order chi connectivity index (χ0) is 15.6. The highest BCUT2D eigenvalue weighted by Crippen LogP contribution is 2.28. The van der Waals surface area contributed by atoms with Crippen molar-refractivity contribution in [2.75, 3.05) is 20.2 Å². The Labute approximate surface area is 125 Å². The second kappa shape index (κ2) is 6.03. The maximum atomic E-state index is 11.2. The Balaban J connectivity index is 2.08. The van der Waals surface area contributed by atoms with Gasteiger partial charge in [-0.1, -0.05) is 6.07 Å². The van der Waals surface area contributed by atoms with Gasteiger partial charge in [-0.05, 0) is 44.5 Å². The smallest absolute Gasteiger partial charge is 0.339 e. The molecule has 0 saturated carbocycles. The van der Waals surface area contributed by atoms with E-state index in [9.17, 15) is 15.0 Å². The molecule has 5 nitrogen and oxygen atoms in total. The summed E-state index contributed by atoms with van der Waals surface area (Å²) in [6.07, 6.45) is 0.964. The number of likely N-dealkylation sites (tertiary alicyclic amines) is 1. The zero-order valence-corrected chi connectivity index (χ0v) is 12.8. The Hall–Kier alpha value is -1.59. The van der Waals surface area contributed by atoms with E-state index in [0.29, 0.717) is 12.3 Å². The van der Waals surface area contributed by atoms with Crippen molar-refractivity contribution in [1.82, 2.24) is 4.90 Å². The highest BCUT2D eigenvalue weighted by atomic mass is 16.5. The number of hydrogen-bond acceptors (Lipinski definition) is 4. The van der Waals surface area contributed by atoms with Gasteiger partial charge in [0.15, 0.2) is 0 Å². The first-order valence-electron chi connectivity index (χ1n) is 7.16. The summed E-state index contributed by atoms with van der Waals surface area (Å²) >= 11 is 0. The molecule has 0 amide bonds. The first-order valence-corrected chi connectivity index (χ1v) is 7.16. The Morgan fingerprint density at radius 2 is 2.19 bits per heavy atom. The van der Waals surface area contributed by atoms with Crippen LogP contribution in [0.1, 0.15) is 36.2 Å². The molecule has 1 aromatic rings. The number of aromatic carboxylic acids is 1. The average molecular weight is 293 g/mol. The number of rotatable bonds is 5. The summed E-state index contributed by atoms with van der Waals surface area (Å²) in [5.74, 6) is -0.346. The van der Waals surface area contributed by atoms with Crippen molar-refractivity contribution < 1.29 is 19.7 Å². The lowest BCUT2D eigenvalue weighted by Crippen LogP contribution is -2.33. The molecule has 0 aromatic heterocycles. The van der Waals surface area contributed by atoms with Crippen molar-refractivity contribution in [3.63, 3.8) is 0 Å². The summed E-state index contributed by atoms with van der Waals surface area (Å²) in [5, 5.41) is 19.3. The summed E-state index contributed by atoms with van der Waals surface area (Å²) < 4.78 is 5.07. The van der Waals surface area contributed by atoms with Gasteiger partial charge in [0.25, 0.3) is 0 Å². The highest BCUT2D eigenvalue weighted by Gasteiger charge is 2.33. The van der Waals surface area contributed by atoms with Crippen molar-refractivity contribution >= 4 is 5.97 Å². The van der Waals surface area contributed by atoms with Gasteiger partial charge in [0.2, 0.25) is 0 Å². The maximum Gasteiger partial charge on any atom is 0.339 e. The maximum absolute atomic E-state index is 11.2. The molecule has 1 heterocycles. The number of methoxy groups -OCH3 is 1. The largest absolute Gasteiger partial charge is 0.496 e. The highest BCUT2D eigenvalue weighted by molar-refractivity contribution is 5.91. The van der Waals surface area contributed by atoms with E-state index in [1.54, 1.807) is 12.1 Å². The molecule has 0 aliphatic carbocycles. The van der Waals surface area contributed by atoms with Gasteiger partial charge >= 0.3 is 5.97 Å². The van der Waals surface area contributed by atoms with Crippen LogP contribution in [-0.4, -0.2) is 46.9 Å². The van der Waals surface area contributed by atoms with E-state index < -0.39 is 11.6 Å². The lowest BCUT2D eigenvalue weighted by Gasteiger charge is -2.25. The van der Waals surface area contributed by atoms with Crippen LogP contribution in [0.15, 0.2) is 18.2 Å². The van der Waals surface area contributed by atoms with Crippen molar-refractivity contribution in [1.29, 1.82) is 0 Å². The van der Waals surface area contributed by atoms with Gasteiger partial charge in [-0.2, -0.15) is 0 Å². The summed E-state index contributed by atoms with van der Waals surface area (Å²) in [6.45, 7) is 6.13. The summed E-state index contributed by atoms with van der Waals surface area (Å²) in [5.41, 5.74) is 0.471. The van der Waals surface area contributed by atoms with Gasteiger partial charge in [0.1, 0.15) is 11.3 Å². The molecule has 0 radical (unpaired) electrons. The predicted octanol–water partition coefficient (Wildman–Crippen LogP) is 1.99. The van der Waals surface area contributed by atoms with Crippen LogP contribution in [0.3, 0.4) is 0 Å². The van der Waals surface area contributed by atoms with Crippen LogP contribution in [0.4, 0.5) is 0 Å². The van der Waals surface area contributed by atoms with Crippen LogP contribution in [0.25, 0.3) is 0 Å². The predicted molar refractivity (Wildman–Crippen MR) is 79.6 cm³/mol. The van der Waals surface area contributed by atoms with E-state index >= 15 is 0 Å². The van der Waals surface area contributed by atoms with Crippen molar-refractivity contribution in [3.8, 4) is 5.75 Å². The Morgan fingerprint density at radius 3 is 2.71 bits per heavy atom. The summed E-state index contributed by atoms with van der Waals surface area (Å²) in [6, 6.07) is 5.25. The molecule has 116 valence electrons. The standard InChI is InChI=1S/C16H23NO4/c1-16(2,20)12-6-7-17(10-12)9-11-4-5-14(21-3)13(8-11)15(18)19/h4-5,8,12,20H,6-7,9-10H2,1-3H3,(H,18,19). The molecule has 0 spiro atoms. The van der Waals surface area contributed by atoms with Gasteiger partial charge in [0, 0.05) is 19.0 Å².